The van der Waals surface area contributed by atoms with E-state index in [-0.39, 0.29) is 40.5 Å². The molecule has 1 aliphatic heterocycles. The number of hydrogen-bond donors (Lipinski definition) is 1. The first kappa shape index (κ1) is 17.6. The van der Waals surface area contributed by atoms with E-state index in [2.05, 4.69) is 10.3 Å². The van der Waals surface area contributed by atoms with Gasteiger partial charge in [0, 0.05) is 19.2 Å². The van der Waals surface area contributed by atoms with Gasteiger partial charge in [-0.2, -0.15) is 0 Å². The summed E-state index contributed by atoms with van der Waals surface area (Å²) < 4.78 is 22.0. The zero-order valence-electron chi connectivity index (χ0n) is 15.2. The fraction of sp³-hybridized carbons (Fsp3) is 0.222. The largest absolute Gasteiger partial charge is 0.465 e. The molecule has 144 valence electrons. The number of aromatic nitrogens is 2. The Bertz CT molecular complexity index is 1190. The van der Waals surface area contributed by atoms with Crippen LogP contribution in [-0.4, -0.2) is 35.3 Å². The number of amides is 1. The summed E-state index contributed by atoms with van der Waals surface area (Å²) in [6.07, 6.45) is 1.31. The number of fused-ring (bicyclic) bond motifs is 2. The van der Waals surface area contributed by atoms with Crippen molar-refractivity contribution in [2.75, 3.05) is 19.2 Å². The van der Waals surface area contributed by atoms with Crippen molar-refractivity contribution in [3.8, 4) is 11.5 Å². The average molecular weight is 385 g/mol. The van der Waals surface area contributed by atoms with Crippen LogP contribution in [0.15, 0.2) is 27.7 Å². The van der Waals surface area contributed by atoms with E-state index in [0.29, 0.717) is 11.5 Å². The fourth-order valence-corrected chi connectivity index (χ4v) is 2.97. The second-order valence-corrected chi connectivity index (χ2v) is 6.07. The maximum atomic E-state index is 13.0. The van der Waals surface area contributed by atoms with Gasteiger partial charge in [-0.15, -0.1) is 0 Å². The summed E-state index contributed by atoms with van der Waals surface area (Å²) in [6.45, 7) is 1.55. The van der Waals surface area contributed by atoms with Gasteiger partial charge in [0.25, 0.3) is 11.5 Å². The Kier molecular flexibility index (Phi) is 4.03. The zero-order valence-corrected chi connectivity index (χ0v) is 15.2. The van der Waals surface area contributed by atoms with Crippen LogP contribution in [0, 0.1) is 6.92 Å². The van der Waals surface area contributed by atoms with Crippen LogP contribution in [0.4, 0.5) is 5.69 Å². The molecular formula is C18H15N3O7. The number of aryl methyl sites for hydroxylation is 2. The summed E-state index contributed by atoms with van der Waals surface area (Å²) in [5.74, 6) is -0.343. The lowest BCUT2D eigenvalue weighted by molar-refractivity contribution is 0.0601. The number of hydrogen-bond acceptors (Lipinski definition) is 8. The molecule has 3 heterocycles. The van der Waals surface area contributed by atoms with E-state index in [1.54, 1.807) is 6.92 Å². The van der Waals surface area contributed by atoms with Gasteiger partial charge in [-0.25, -0.2) is 9.78 Å². The van der Waals surface area contributed by atoms with Gasteiger partial charge in [0.15, 0.2) is 11.5 Å². The van der Waals surface area contributed by atoms with E-state index in [1.165, 1.54) is 37.2 Å². The van der Waals surface area contributed by atoms with Crippen LogP contribution in [-0.2, 0) is 11.8 Å². The summed E-state index contributed by atoms with van der Waals surface area (Å²) >= 11 is 0. The lowest BCUT2D eigenvalue weighted by atomic mass is 10.1. The van der Waals surface area contributed by atoms with Crippen LogP contribution < -0.4 is 20.3 Å². The number of methoxy groups -OCH3 is 1. The van der Waals surface area contributed by atoms with Crippen LogP contribution in [0.2, 0.25) is 0 Å². The van der Waals surface area contributed by atoms with Crippen molar-refractivity contribution >= 4 is 28.7 Å². The molecule has 4 rings (SSSR count). The molecule has 0 unspecified atom stereocenters. The number of rotatable bonds is 3. The van der Waals surface area contributed by atoms with Crippen molar-refractivity contribution in [3.63, 3.8) is 0 Å². The molecule has 10 heteroatoms. The van der Waals surface area contributed by atoms with E-state index in [4.69, 9.17) is 18.6 Å². The summed E-state index contributed by atoms with van der Waals surface area (Å²) in [6, 6.07) is 2.88. The Labute approximate surface area is 157 Å². The Morgan fingerprint density at radius 3 is 2.68 bits per heavy atom. The van der Waals surface area contributed by atoms with Crippen molar-refractivity contribution < 1.29 is 28.2 Å². The number of nitrogens with zero attached hydrogens (tertiary/aromatic N) is 2. The topological polar surface area (TPSA) is 122 Å². The Balaban J connectivity index is 1.81. The third-order valence-corrected chi connectivity index (χ3v) is 4.34. The summed E-state index contributed by atoms with van der Waals surface area (Å²) in [5, 5.41) is 2.68. The first-order valence-electron chi connectivity index (χ1n) is 8.18. The zero-order chi connectivity index (χ0) is 20.0. The Morgan fingerprint density at radius 1 is 1.25 bits per heavy atom. The van der Waals surface area contributed by atoms with Gasteiger partial charge < -0.3 is 28.5 Å². The van der Waals surface area contributed by atoms with Gasteiger partial charge in [0.2, 0.25) is 12.5 Å². The lowest BCUT2D eigenvalue weighted by Gasteiger charge is -2.11. The molecule has 1 amide bonds. The summed E-state index contributed by atoms with van der Waals surface area (Å²) in [4.78, 5) is 41.6. The van der Waals surface area contributed by atoms with Crippen molar-refractivity contribution in [1.29, 1.82) is 0 Å². The van der Waals surface area contributed by atoms with Gasteiger partial charge >= 0.3 is 5.97 Å². The van der Waals surface area contributed by atoms with Crippen molar-refractivity contribution in [2.45, 2.75) is 6.92 Å². The molecular weight excluding hydrogens is 370 g/mol. The minimum atomic E-state index is -0.667. The highest BCUT2D eigenvalue weighted by Gasteiger charge is 2.26. The minimum absolute atomic E-state index is 0.000529. The molecule has 0 atom stereocenters. The van der Waals surface area contributed by atoms with Crippen LogP contribution in [0.25, 0.3) is 11.1 Å². The lowest BCUT2D eigenvalue weighted by Crippen LogP contribution is -2.21. The van der Waals surface area contributed by atoms with Gasteiger partial charge in [0.05, 0.1) is 23.9 Å². The maximum absolute atomic E-state index is 13.0. The predicted molar refractivity (Wildman–Crippen MR) is 95.8 cm³/mol. The SMILES string of the molecule is COC(=O)c1cc2c(cc1NC(=O)c1c(C)oc3ncn(C)c(=O)c13)OCO2. The molecule has 0 fully saturated rings. The molecule has 2 aromatic heterocycles. The first-order chi connectivity index (χ1) is 13.4. The van der Waals surface area contributed by atoms with Crippen molar-refractivity contribution in [2.24, 2.45) is 7.05 Å². The monoisotopic (exact) mass is 385 g/mol. The van der Waals surface area contributed by atoms with Crippen LogP contribution in [0.5, 0.6) is 11.5 Å². The highest BCUT2D eigenvalue weighted by Crippen LogP contribution is 2.37. The van der Waals surface area contributed by atoms with Crippen LogP contribution in [0.1, 0.15) is 26.5 Å². The number of furan rings is 1. The molecule has 1 aromatic carbocycles. The average Bonchev–Trinajstić information content (AvgIpc) is 3.26. The molecule has 1 aliphatic rings. The van der Waals surface area contributed by atoms with Crippen LogP contribution in [0.3, 0.4) is 0 Å². The Hall–Kier alpha value is -3.82. The maximum Gasteiger partial charge on any atom is 0.340 e. The molecule has 0 aliphatic carbocycles. The number of carbonyl (C=O) groups is 2. The van der Waals surface area contributed by atoms with Gasteiger partial charge in [0.1, 0.15) is 17.5 Å². The number of ether oxygens (including phenoxy) is 3. The highest BCUT2D eigenvalue weighted by molar-refractivity contribution is 6.14. The number of nitrogens with one attached hydrogen (secondary N) is 1. The number of esters is 1. The first-order valence-corrected chi connectivity index (χ1v) is 8.18. The molecule has 28 heavy (non-hydrogen) atoms. The van der Waals surface area contributed by atoms with Crippen LogP contribution >= 0.6 is 0 Å². The third kappa shape index (κ3) is 2.66. The standard InChI is InChI=1S/C18H15N3O7/c1-8-13(14-16(28-8)19-6-21(2)17(14)23)15(22)20-10-5-12-11(26-7-27-12)4-9(10)18(24)25-3/h4-6H,7H2,1-3H3,(H,20,22). The molecule has 10 nitrogen and oxygen atoms in total. The number of anilines is 1. The van der Waals surface area contributed by atoms with Crippen molar-refractivity contribution in [3.05, 3.63) is 45.7 Å². The molecule has 0 saturated heterocycles. The molecule has 0 bridgehead atoms. The predicted octanol–water partition coefficient (Wildman–Crippen LogP) is 1.60. The van der Waals surface area contributed by atoms with E-state index < -0.39 is 17.4 Å². The molecule has 0 radical (unpaired) electrons. The van der Waals surface area contributed by atoms with E-state index >= 15 is 0 Å². The van der Waals surface area contributed by atoms with Gasteiger partial charge in [-0.1, -0.05) is 0 Å². The number of benzene rings is 1. The fourth-order valence-electron chi connectivity index (χ4n) is 2.97. The molecule has 1 N–H and O–H groups in total. The minimum Gasteiger partial charge on any atom is -0.465 e. The second-order valence-electron chi connectivity index (χ2n) is 6.07. The van der Waals surface area contributed by atoms with Gasteiger partial charge in [-0.3, -0.25) is 9.59 Å². The molecule has 3 aromatic rings. The van der Waals surface area contributed by atoms with Crippen molar-refractivity contribution in [1.82, 2.24) is 9.55 Å². The second kappa shape index (κ2) is 6.41. The highest BCUT2D eigenvalue weighted by atomic mass is 16.7. The van der Waals surface area contributed by atoms with E-state index in [0.717, 1.165) is 0 Å². The number of carbonyl (C=O) groups excluding carboxylic acids is 2. The normalized spacial score (nSPS) is 12.2. The van der Waals surface area contributed by atoms with E-state index in [1.807, 2.05) is 0 Å². The smallest absolute Gasteiger partial charge is 0.340 e. The van der Waals surface area contributed by atoms with E-state index in [9.17, 15) is 14.4 Å². The quantitative estimate of drug-likeness (QED) is 0.675. The van der Waals surface area contributed by atoms with Gasteiger partial charge in [-0.05, 0) is 6.92 Å². The third-order valence-electron chi connectivity index (χ3n) is 4.34. The summed E-state index contributed by atoms with van der Waals surface area (Å²) in [5.41, 5.74) is -0.0974. The molecule has 0 saturated carbocycles. The summed E-state index contributed by atoms with van der Waals surface area (Å²) in [7, 11) is 2.74. The molecule has 0 spiro atoms. The Morgan fingerprint density at radius 2 is 1.96 bits per heavy atom.